The largest absolute Gasteiger partial charge is 0.482 e. The molecule has 0 atom stereocenters. The van der Waals surface area contributed by atoms with Crippen molar-refractivity contribution in [2.24, 2.45) is 0 Å². The lowest BCUT2D eigenvalue weighted by Crippen LogP contribution is -2.40. The standard InChI is InChI=1S/C16H12ClF3N2O3/c17-13-6-11(7-21)3-4-14(13)25-9-15(23)22(10-16(18,19)20)8-12-2-1-5-24-12/h1-6H,8-10H2. The van der Waals surface area contributed by atoms with E-state index in [0.29, 0.717) is 10.5 Å². The second kappa shape index (κ2) is 7.94. The molecule has 132 valence electrons. The Morgan fingerprint density at radius 2 is 2.12 bits per heavy atom. The summed E-state index contributed by atoms with van der Waals surface area (Å²) in [7, 11) is 0. The average Bonchev–Trinajstić information content (AvgIpc) is 3.04. The lowest BCUT2D eigenvalue weighted by atomic mass is 10.2. The molecule has 1 amide bonds. The Hall–Kier alpha value is -2.66. The maximum atomic E-state index is 12.7. The highest BCUT2D eigenvalue weighted by Gasteiger charge is 2.33. The molecule has 0 spiro atoms. The van der Waals surface area contributed by atoms with Gasteiger partial charge >= 0.3 is 6.18 Å². The zero-order valence-electron chi connectivity index (χ0n) is 12.7. The number of hydrogen-bond acceptors (Lipinski definition) is 4. The van der Waals surface area contributed by atoms with Crippen LogP contribution in [0, 0.1) is 11.3 Å². The summed E-state index contributed by atoms with van der Waals surface area (Å²) in [5.41, 5.74) is 0.292. The van der Waals surface area contributed by atoms with E-state index in [0.717, 1.165) is 0 Å². The second-order valence-corrected chi connectivity index (χ2v) is 5.40. The van der Waals surface area contributed by atoms with Gasteiger partial charge in [-0.3, -0.25) is 4.79 Å². The third kappa shape index (κ3) is 5.72. The van der Waals surface area contributed by atoms with Crippen molar-refractivity contribution in [2.45, 2.75) is 12.7 Å². The predicted octanol–water partition coefficient (Wildman–Crippen LogP) is 3.77. The maximum Gasteiger partial charge on any atom is 0.406 e. The molecule has 0 aliphatic heterocycles. The quantitative estimate of drug-likeness (QED) is 0.774. The van der Waals surface area contributed by atoms with Crippen LogP contribution in [-0.2, 0) is 11.3 Å². The van der Waals surface area contributed by atoms with E-state index in [4.69, 9.17) is 26.0 Å². The Balaban J connectivity index is 2.04. The number of benzene rings is 1. The molecule has 9 heteroatoms. The highest BCUT2D eigenvalue weighted by atomic mass is 35.5. The van der Waals surface area contributed by atoms with E-state index in [2.05, 4.69) is 0 Å². The van der Waals surface area contributed by atoms with Gasteiger partial charge in [0.25, 0.3) is 5.91 Å². The molecule has 0 N–H and O–H groups in total. The minimum Gasteiger partial charge on any atom is -0.482 e. The van der Waals surface area contributed by atoms with Gasteiger partial charge < -0.3 is 14.1 Å². The molecule has 5 nitrogen and oxygen atoms in total. The molecule has 0 saturated carbocycles. The fourth-order valence-electron chi connectivity index (χ4n) is 1.96. The Bertz CT molecular complexity index is 770. The average molecular weight is 373 g/mol. The number of amides is 1. The fraction of sp³-hybridized carbons (Fsp3) is 0.250. The number of carbonyl (C=O) groups excluding carboxylic acids is 1. The molecule has 25 heavy (non-hydrogen) atoms. The van der Waals surface area contributed by atoms with Crippen LogP contribution in [0.5, 0.6) is 5.75 Å². The Kier molecular flexibility index (Phi) is 5.93. The molecule has 1 aromatic heterocycles. The van der Waals surface area contributed by atoms with Gasteiger partial charge in [-0.2, -0.15) is 18.4 Å². The number of halogens is 4. The van der Waals surface area contributed by atoms with Gasteiger partial charge in [-0.1, -0.05) is 11.6 Å². The molecule has 0 saturated heterocycles. The lowest BCUT2D eigenvalue weighted by Gasteiger charge is -2.23. The minimum atomic E-state index is -4.56. The van der Waals surface area contributed by atoms with E-state index in [1.54, 1.807) is 0 Å². The van der Waals surface area contributed by atoms with E-state index < -0.39 is 25.2 Å². The summed E-state index contributed by atoms with van der Waals surface area (Å²) in [6.07, 6.45) is -3.26. The van der Waals surface area contributed by atoms with Crippen LogP contribution in [-0.4, -0.2) is 30.1 Å². The van der Waals surface area contributed by atoms with Gasteiger partial charge in [0.15, 0.2) is 6.61 Å². The zero-order chi connectivity index (χ0) is 18.4. The molecule has 0 aliphatic rings. The van der Waals surface area contributed by atoms with Crippen LogP contribution in [0.15, 0.2) is 41.0 Å². The summed E-state index contributed by atoms with van der Waals surface area (Å²) in [5, 5.41) is 8.83. The molecule has 2 rings (SSSR count). The topological polar surface area (TPSA) is 66.5 Å². The molecule has 1 aromatic carbocycles. The van der Waals surface area contributed by atoms with Crippen LogP contribution in [0.3, 0.4) is 0 Å². The lowest BCUT2D eigenvalue weighted by molar-refractivity contribution is -0.164. The van der Waals surface area contributed by atoms with E-state index in [1.165, 1.54) is 36.6 Å². The summed E-state index contributed by atoms with van der Waals surface area (Å²) in [5.74, 6) is -0.567. The molecular weight excluding hydrogens is 361 g/mol. The molecule has 0 radical (unpaired) electrons. The van der Waals surface area contributed by atoms with Crippen molar-refractivity contribution < 1.29 is 27.1 Å². The van der Waals surface area contributed by atoms with Gasteiger partial charge in [0.1, 0.15) is 18.1 Å². The van der Waals surface area contributed by atoms with Gasteiger partial charge in [-0.25, -0.2) is 0 Å². The van der Waals surface area contributed by atoms with Crippen molar-refractivity contribution in [3.8, 4) is 11.8 Å². The number of hydrogen-bond donors (Lipinski definition) is 0. The highest BCUT2D eigenvalue weighted by Crippen LogP contribution is 2.25. The zero-order valence-corrected chi connectivity index (χ0v) is 13.5. The van der Waals surface area contributed by atoms with Gasteiger partial charge in [0.2, 0.25) is 0 Å². The Labute approximate surface area is 146 Å². The van der Waals surface area contributed by atoms with Crippen LogP contribution >= 0.6 is 11.6 Å². The van der Waals surface area contributed by atoms with Crippen molar-refractivity contribution in [3.63, 3.8) is 0 Å². The Morgan fingerprint density at radius 3 is 2.68 bits per heavy atom. The number of nitriles is 1. The Morgan fingerprint density at radius 1 is 1.36 bits per heavy atom. The van der Waals surface area contributed by atoms with E-state index >= 15 is 0 Å². The first kappa shape index (κ1) is 18.7. The van der Waals surface area contributed by atoms with Crippen LogP contribution in [0.1, 0.15) is 11.3 Å². The number of alkyl halides is 3. The van der Waals surface area contributed by atoms with Gasteiger partial charge in [-0.05, 0) is 30.3 Å². The normalized spacial score (nSPS) is 11.0. The van der Waals surface area contributed by atoms with Gasteiger partial charge in [-0.15, -0.1) is 0 Å². The number of carbonyl (C=O) groups is 1. The van der Waals surface area contributed by atoms with E-state index in [-0.39, 0.29) is 23.1 Å². The molecule has 0 bridgehead atoms. The van der Waals surface area contributed by atoms with Crippen molar-refractivity contribution in [2.75, 3.05) is 13.2 Å². The molecular formula is C16H12ClF3N2O3. The first-order valence-electron chi connectivity index (χ1n) is 6.98. The summed E-state index contributed by atoms with van der Waals surface area (Å²) >= 11 is 5.90. The van der Waals surface area contributed by atoms with Crippen molar-refractivity contribution in [1.82, 2.24) is 4.90 Å². The van der Waals surface area contributed by atoms with Gasteiger partial charge in [0, 0.05) is 0 Å². The van der Waals surface area contributed by atoms with E-state index in [9.17, 15) is 18.0 Å². The summed E-state index contributed by atoms with van der Waals surface area (Å²) < 4.78 is 48.2. The highest BCUT2D eigenvalue weighted by molar-refractivity contribution is 6.32. The van der Waals surface area contributed by atoms with Crippen LogP contribution in [0.4, 0.5) is 13.2 Å². The molecule has 0 unspecified atom stereocenters. The first-order valence-corrected chi connectivity index (χ1v) is 7.35. The number of furan rings is 1. The predicted molar refractivity (Wildman–Crippen MR) is 81.8 cm³/mol. The monoisotopic (exact) mass is 372 g/mol. The van der Waals surface area contributed by atoms with Crippen LogP contribution in [0.25, 0.3) is 0 Å². The smallest absolute Gasteiger partial charge is 0.406 e. The van der Waals surface area contributed by atoms with Crippen LogP contribution in [0.2, 0.25) is 5.02 Å². The number of rotatable bonds is 6. The maximum absolute atomic E-state index is 12.7. The third-order valence-corrected chi connectivity index (χ3v) is 3.36. The van der Waals surface area contributed by atoms with E-state index in [1.807, 2.05) is 6.07 Å². The summed E-state index contributed by atoms with van der Waals surface area (Å²) in [6, 6.07) is 8.98. The summed E-state index contributed by atoms with van der Waals surface area (Å²) in [4.78, 5) is 12.7. The fourth-order valence-corrected chi connectivity index (χ4v) is 2.19. The number of ether oxygens (including phenoxy) is 1. The molecule has 0 fully saturated rings. The third-order valence-electron chi connectivity index (χ3n) is 3.06. The summed E-state index contributed by atoms with van der Waals surface area (Å²) in [6.45, 7) is -2.41. The number of nitrogens with zero attached hydrogens (tertiary/aromatic N) is 2. The minimum absolute atomic E-state index is 0.0836. The molecule has 1 heterocycles. The van der Waals surface area contributed by atoms with Crippen LogP contribution < -0.4 is 4.74 Å². The van der Waals surface area contributed by atoms with Crippen molar-refractivity contribution in [3.05, 3.63) is 52.9 Å². The van der Waals surface area contributed by atoms with Gasteiger partial charge in [0.05, 0.1) is 29.5 Å². The first-order chi connectivity index (χ1) is 11.8. The SMILES string of the molecule is N#Cc1ccc(OCC(=O)N(Cc2ccco2)CC(F)(F)F)c(Cl)c1. The molecule has 0 aliphatic carbocycles. The molecule has 2 aromatic rings. The van der Waals surface area contributed by atoms with Crippen molar-refractivity contribution >= 4 is 17.5 Å². The van der Waals surface area contributed by atoms with Crippen molar-refractivity contribution in [1.29, 1.82) is 5.26 Å². The second-order valence-electron chi connectivity index (χ2n) is 4.99.